The van der Waals surface area contributed by atoms with Crippen molar-refractivity contribution in [2.24, 2.45) is 4.99 Å². The molecule has 0 N–H and O–H groups in total. The Labute approximate surface area is 202 Å². The number of carbonyl (C=O) groups excluding carboxylic acids is 2. The van der Waals surface area contributed by atoms with Crippen molar-refractivity contribution in [3.8, 4) is 11.5 Å². The molecular weight excluding hydrogens is 478 g/mol. The van der Waals surface area contributed by atoms with Crippen LogP contribution in [0.15, 0.2) is 76.0 Å². The van der Waals surface area contributed by atoms with Gasteiger partial charge in [-0.3, -0.25) is 0 Å². The average molecular weight is 494 g/mol. The molecule has 34 heavy (non-hydrogen) atoms. The SMILES string of the molecule is CCOc1cc(/C=C2/N=C(c3ccco3)OC2=O)ccc1OC(=O)c1sc2ccccc2c1Cl. The van der Waals surface area contributed by atoms with Crippen molar-refractivity contribution in [2.45, 2.75) is 6.92 Å². The standard InChI is InChI=1S/C25H16ClNO6S/c1-2-30-19-13-14(12-16-24(28)33-23(27-16)18-7-5-11-31-18)9-10-17(19)32-25(29)22-21(26)15-6-3-4-8-20(15)34-22/h3-13H,2H2,1H3/b16-12+. The predicted molar refractivity (Wildman–Crippen MR) is 129 cm³/mol. The largest absolute Gasteiger partial charge is 0.490 e. The van der Waals surface area contributed by atoms with Gasteiger partial charge in [0.15, 0.2) is 23.0 Å². The van der Waals surface area contributed by atoms with Gasteiger partial charge in [-0.25, -0.2) is 14.6 Å². The average Bonchev–Trinajstić information content (AvgIpc) is 3.56. The van der Waals surface area contributed by atoms with Crippen molar-refractivity contribution >= 4 is 56.9 Å². The Bertz CT molecular complexity index is 1470. The Kier molecular flexibility index (Phi) is 5.91. The third-order valence-electron chi connectivity index (χ3n) is 4.85. The minimum atomic E-state index is -0.598. The minimum Gasteiger partial charge on any atom is -0.490 e. The summed E-state index contributed by atoms with van der Waals surface area (Å²) in [5, 5.41) is 1.15. The van der Waals surface area contributed by atoms with E-state index in [4.69, 9.17) is 30.2 Å². The van der Waals surface area contributed by atoms with Crippen LogP contribution in [0.1, 0.15) is 27.9 Å². The highest BCUT2D eigenvalue weighted by atomic mass is 35.5. The molecule has 4 aromatic rings. The van der Waals surface area contributed by atoms with Gasteiger partial charge >= 0.3 is 11.9 Å². The predicted octanol–water partition coefficient (Wildman–Crippen LogP) is 6.11. The lowest BCUT2D eigenvalue weighted by molar-refractivity contribution is -0.130. The molecule has 5 rings (SSSR count). The molecule has 0 atom stereocenters. The number of fused-ring (bicyclic) bond motifs is 1. The Morgan fingerprint density at radius 2 is 2.00 bits per heavy atom. The van der Waals surface area contributed by atoms with E-state index in [0.29, 0.717) is 33.6 Å². The number of aliphatic imine (C=N–C) groups is 1. The van der Waals surface area contributed by atoms with E-state index >= 15 is 0 Å². The Hall–Kier alpha value is -3.88. The number of halogens is 1. The lowest BCUT2D eigenvalue weighted by Crippen LogP contribution is -2.08. The highest BCUT2D eigenvalue weighted by Gasteiger charge is 2.26. The van der Waals surface area contributed by atoms with Crippen LogP contribution in [0.5, 0.6) is 11.5 Å². The van der Waals surface area contributed by atoms with Crippen molar-refractivity contribution in [1.82, 2.24) is 0 Å². The van der Waals surface area contributed by atoms with Gasteiger partial charge in [-0.1, -0.05) is 35.9 Å². The fourth-order valence-electron chi connectivity index (χ4n) is 3.33. The van der Waals surface area contributed by atoms with Gasteiger partial charge in [0, 0.05) is 10.1 Å². The van der Waals surface area contributed by atoms with Crippen molar-refractivity contribution in [3.63, 3.8) is 0 Å². The lowest BCUT2D eigenvalue weighted by Gasteiger charge is -2.11. The molecule has 0 saturated heterocycles. The highest BCUT2D eigenvalue weighted by Crippen LogP contribution is 2.37. The van der Waals surface area contributed by atoms with Crippen LogP contribution in [0.4, 0.5) is 0 Å². The summed E-state index contributed by atoms with van der Waals surface area (Å²) < 4.78 is 22.6. The molecule has 3 heterocycles. The number of ether oxygens (including phenoxy) is 3. The fourth-order valence-corrected chi connectivity index (χ4v) is 4.72. The normalized spacial score (nSPS) is 14.4. The quantitative estimate of drug-likeness (QED) is 0.183. The molecule has 0 radical (unpaired) electrons. The van der Waals surface area contributed by atoms with E-state index in [9.17, 15) is 9.59 Å². The summed E-state index contributed by atoms with van der Waals surface area (Å²) in [5.41, 5.74) is 0.718. The molecule has 9 heteroatoms. The van der Waals surface area contributed by atoms with E-state index in [1.165, 1.54) is 17.6 Å². The van der Waals surface area contributed by atoms with E-state index in [-0.39, 0.29) is 17.3 Å². The van der Waals surface area contributed by atoms with Gasteiger partial charge in [-0.2, -0.15) is 0 Å². The van der Waals surface area contributed by atoms with Crippen LogP contribution in [0.25, 0.3) is 16.2 Å². The zero-order valence-electron chi connectivity index (χ0n) is 17.7. The first-order chi connectivity index (χ1) is 16.5. The van der Waals surface area contributed by atoms with E-state index in [1.807, 2.05) is 31.2 Å². The van der Waals surface area contributed by atoms with E-state index in [2.05, 4.69) is 4.99 Å². The summed E-state index contributed by atoms with van der Waals surface area (Å²) in [6, 6.07) is 15.7. The van der Waals surface area contributed by atoms with Crippen LogP contribution in [0, 0.1) is 0 Å². The molecule has 1 aliphatic rings. The van der Waals surface area contributed by atoms with Crippen molar-refractivity contribution in [2.75, 3.05) is 6.61 Å². The van der Waals surface area contributed by atoms with Gasteiger partial charge < -0.3 is 18.6 Å². The van der Waals surface area contributed by atoms with Gasteiger partial charge in [0.2, 0.25) is 0 Å². The zero-order chi connectivity index (χ0) is 23.7. The van der Waals surface area contributed by atoms with Crippen LogP contribution in [-0.2, 0) is 9.53 Å². The monoisotopic (exact) mass is 493 g/mol. The summed E-state index contributed by atoms with van der Waals surface area (Å²) in [6.07, 6.45) is 3.02. The second kappa shape index (κ2) is 9.17. The lowest BCUT2D eigenvalue weighted by atomic mass is 10.1. The first-order valence-corrected chi connectivity index (χ1v) is 11.5. The number of rotatable bonds is 6. The smallest absolute Gasteiger partial charge is 0.363 e. The van der Waals surface area contributed by atoms with Gasteiger partial charge in [0.25, 0.3) is 5.90 Å². The number of carbonyl (C=O) groups is 2. The molecule has 170 valence electrons. The minimum absolute atomic E-state index is 0.0945. The molecular formula is C25H16ClNO6S. The van der Waals surface area contributed by atoms with Crippen LogP contribution in [-0.4, -0.2) is 24.4 Å². The van der Waals surface area contributed by atoms with Crippen molar-refractivity contribution in [3.05, 3.63) is 87.8 Å². The number of esters is 2. The van der Waals surface area contributed by atoms with Crippen LogP contribution < -0.4 is 9.47 Å². The van der Waals surface area contributed by atoms with E-state index < -0.39 is 11.9 Å². The Balaban J connectivity index is 1.42. The summed E-state index contributed by atoms with van der Waals surface area (Å²) in [4.78, 5) is 29.6. The number of nitrogens with zero attached hydrogens (tertiary/aromatic N) is 1. The van der Waals surface area contributed by atoms with Crippen LogP contribution in [0.3, 0.4) is 0 Å². The number of benzene rings is 2. The molecule has 2 aromatic heterocycles. The topological polar surface area (TPSA) is 87.3 Å². The van der Waals surface area contributed by atoms with E-state index in [1.54, 1.807) is 36.4 Å². The highest BCUT2D eigenvalue weighted by molar-refractivity contribution is 7.21. The molecule has 1 aliphatic heterocycles. The van der Waals surface area contributed by atoms with Crippen LogP contribution in [0.2, 0.25) is 5.02 Å². The van der Waals surface area contributed by atoms with Crippen LogP contribution >= 0.6 is 22.9 Å². The van der Waals surface area contributed by atoms with E-state index in [0.717, 1.165) is 10.1 Å². The molecule has 0 amide bonds. The first kappa shape index (κ1) is 21.9. The fraction of sp³-hybridized carbons (Fsp3) is 0.0800. The van der Waals surface area contributed by atoms with Gasteiger partial charge in [-0.05, 0) is 48.9 Å². The Morgan fingerprint density at radius 3 is 2.76 bits per heavy atom. The van der Waals surface area contributed by atoms with Crippen molar-refractivity contribution in [1.29, 1.82) is 0 Å². The maximum atomic E-state index is 12.9. The second-order valence-electron chi connectivity index (χ2n) is 7.08. The number of furan rings is 1. The molecule has 0 spiro atoms. The van der Waals surface area contributed by atoms with Gasteiger partial charge in [-0.15, -0.1) is 11.3 Å². The summed E-state index contributed by atoms with van der Waals surface area (Å²) in [5.74, 6) is -0.157. The Morgan fingerprint density at radius 1 is 1.15 bits per heavy atom. The molecule has 0 fully saturated rings. The summed E-state index contributed by atoms with van der Waals surface area (Å²) in [7, 11) is 0. The molecule has 0 aliphatic carbocycles. The molecule has 0 bridgehead atoms. The maximum absolute atomic E-state index is 12.9. The molecule has 0 saturated carbocycles. The summed E-state index contributed by atoms with van der Waals surface area (Å²) >= 11 is 7.67. The van der Waals surface area contributed by atoms with Gasteiger partial charge in [0.05, 0.1) is 17.9 Å². The summed E-state index contributed by atoms with van der Waals surface area (Å²) in [6.45, 7) is 2.16. The first-order valence-electron chi connectivity index (χ1n) is 10.3. The molecule has 0 unspecified atom stereocenters. The number of hydrogen-bond donors (Lipinski definition) is 0. The van der Waals surface area contributed by atoms with Crippen molar-refractivity contribution < 1.29 is 28.2 Å². The number of cyclic esters (lactones) is 1. The molecule has 7 nitrogen and oxygen atoms in total. The third-order valence-corrected chi connectivity index (χ3v) is 6.50. The second-order valence-corrected chi connectivity index (χ2v) is 8.51. The maximum Gasteiger partial charge on any atom is 0.363 e. The number of hydrogen-bond acceptors (Lipinski definition) is 8. The van der Waals surface area contributed by atoms with Gasteiger partial charge in [0.1, 0.15) is 4.88 Å². The third kappa shape index (κ3) is 4.21. The number of thiophene rings is 1. The zero-order valence-corrected chi connectivity index (χ0v) is 19.3. The molecule has 2 aromatic carbocycles.